The van der Waals surface area contributed by atoms with Gasteiger partial charge in [0.1, 0.15) is 11.9 Å². The Morgan fingerprint density at radius 3 is 2.56 bits per heavy atom. The van der Waals surface area contributed by atoms with Gasteiger partial charge >= 0.3 is 5.97 Å². The molecular weight excluding hydrogens is 261 g/mol. The first-order valence-electron chi connectivity index (χ1n) is 5.27. The smallest absolute Gasteiger partial charge is 0.326 e. The quantitative estimate of drug-likeness (QED) is 0.916. The Balaban J connectivity index is 3.05. The van der Waals surface area contributed by atoms with Crippen LogP contribution in [0.4, 0.5) is 4.39 Å². The van der Waals surface area contributed by atoms with Crippen LogP contribution in [0.5, 0.6) is 0 Å². The number of hydrogen-bond donors (Lipinski definition) is 1. The minimum atomic E-state index is -1.15. The van der Waals surface area contributed by atoms with Crippen molar-refractivity contribution in [3.63, 3.8) is 0 Å². The molecule has 1 atom stereocenters. The maximum Gasteiger partial charge on any atom is 0.326 e. The van der Waals surface area contributed by atoms with Crippen molar-refractivity contribution >= 4 is 23.5 Å². The third-order valence-corrected chi connectivity index (χ3v) is 2.97. The molecule has 18 heavy (non-hydrogen) atoms. The normalized spacial score (nSPS) is 12.0. The summed E-state index contributed by atoms with van der Waals surface area (Å²) in [6, 6.07) is 3.10. The predicted molar refractivity (Wildman–Crippen MR) is 64.7 cm³/mol. The van der Waals surface area contributed by atoms with Crippen molar-refractivity contribution < 1.29 is 19.1 Å². The van der Waals surface area contributed by atoms with Crippen molar-refractivity contribution in [1.82, 2.24) is 4.90 Å². The molecule has 0 saturated carbocycles. The van der Waals surface area contributed by atoms with Gasteiger partial charge in [0.25, 0.3) is 0 Å². The van der Waals surface area contributed by atoms with Gasteiger partial charge in [-0.25, -0.2) is 9.18 Å². The van der Waals surface area contributed by atoms with Crippen LogP contribution in [-0.2, 0) is 16.1 Å². The number of carbonyl (C=O) groups is 2. The van der Waals surface area contributed by atoms with Crippen molar-refractivity contribution in [2.24, 2.45) is 0 Å². The first kappa shape index (κ1) is 14.4. The number of carboxylic acid groups (broad SMARTS) is 1. The van der Waals surface area contributed by atoms with E-state index in [1.807, 2.05) is 0 Å². The molecule has 0 aromatic heterocycles. The highest BCUT2D eigenvalue weighted by atomic mass is 35.5. The topological polar surface area (TPSA) is 57.6 Å². The molecular formula is C12H13ClFNO3. The zero-order valence-corrected chi connectivity index (χ0v) is 10.7. The van der Waals surface area contributed by atoms with Crippen molar-refractivity contribution in [3.05, 3.63) is 34.6 Å². The molecule has 6 heteroatoms. The van der Waals surface area contributed by atoms with E-state index in [0.717, 1.165) is 4.90 Å². The van der Waals surface area contributed by atoms with Crippen LogP contribution in [0.25, 0.3) is 0 Å². The molecule has 1 aromatic carbocycles. The number of nitrogens with zero attached hydrogens (tertiary/aromatic N) is 1. The fourth-order valence-electron chi connectivity index (χ4n) is 1.51. The maximum absolute atomic E-state index is 13.6. The lowest BCUT2D eigenvalue weighted by Gasteiger charge is -2.25. The second kappa shape index (κ2) is 5.82. The average molecular weight is 274 g/mol. The lowest BCUT2D eigenvalue weighted by Crippen LogP contribution is -2.41. The first-order chi connectivity index (χ1) is 8.34. The Labute approximate surface area is 109 Å². The Hall–Kier alpha value is -1.62. The Morgan fingerprint density at radius 2 is 2.11 bits per heavy atom. The molecule has 1 N–H and O–H groups in total. The van der Waals surface area contributed by atoms with Gasteiger partial charge in [-0.1, -0.05) is 17.7 Å². The van der Waals surface area contributed by atoms with E-state index in [9.17, 15) is 14.0 Å². The van der Waals surface area contributed by atoms with E-state index in [4.69, 9.17) is 16.7 Å². The molecule has 0 saturated heterocycles. The number of aliphatic carboxylic acids is 1. The molecule has 0 aliphatic rings. The fraction of sp³-hybridized carbons (Fsp3) is 0.333. The van der Waals surface area contributed by atoms with E-state index in [1.54, 1.807) is 0 Å². The third kappa shape index (κ3) is 3.20. The Kier molecular flexibility index (Phi) is 4.67. The summed E-state index contributed by atoms with van der Waals surface area (Å²) in [6.45, 7) is 2.42. The highest BCUT2D eigenvalue weighted by Gasteiger charge is 2.24. The largest absolute Gasteiger partial charge is 0.480 e. The number of hydrogen-bond acceptors (Lipinski definition) is 2. The van der Waals surface area contributed by atoms with Crippen LogP contribution in [-0.4, -0.2) is 27.9 Å². The molecule has 98 valence electrons. The molecule has 0 spiro atoms. The van der Waals surface area contributed by atoms with Gasteiger partial charge in [-0.15, -0.1) is 0 Å². The van der Waals surface area contributed by atoms with E-state index in [0.29, 0.717) is 0 Å². The SMILES string of the molecule is CC(=O)N(Cc1c(F)cccc1Cl)C(C)C(=O)O. The van der Waals surface area contributed by atoms with Crippen LogP contribution >= 0.6 is 11.6 Å². The van der Waals surface area contributed by atoms with Crippen LogP contribution in [0, 0.1) is 5.82 Å². The number of carbonyl (C=O) groups excluding carboxylic acids is 1. The van der Waals surface area contributed by atoms with E-state index in [-0.39, 0.29) is 17.1 Å². The molecule has 0 heterocycles. The Morgan fingerprint density at radius 1 is 1.50 bits per heavy atom. The maximum atomic E-state index is 13.6. The summed E-state index contributed by atoms with van der Waals surface area (Å²) in [5, 5.41) is 9.06. The van der Waals surface area contributed by atoms with Gasteiger partial charge in [0.15, 0.2) is 0 Å². The van der Waals surface area contributed by atoms with E-state index in [2.05, 4.69) is 0 Å². The molecule has 1 unspecified atom stereocenters. The zero-order chi connectivity index (χ0) is 13.9. The van der Waals surface area contributed by atoms with Crippen LogP contribution in [0.3, 0.4) is 0 Å². The number of rotatable bonds is 4. The van der Waals surface area contributed by atoms with Gasteiger partial charge in [0, 0.05) is 17.5 Å². The summed E-state index contributed by atoms with van der Waals surface area (Å²) in [7, 11) is 0. The van der Waals surface area contributed by atoms with Crippen LogP contribution < -0.4 is 0 Å². The number of halogens is 2. The molecule has 0 aliphatic carbocycles. The van der Waals surface area contributed by atoms with Crippen molar-refractivity contribution in [2.75, 3.05) is 0 Å². The van der Waals surface area contributed by atoms with Gasteiger partial charge < -0.3 is 10.0 Å². The molecule has 1 amide bonds. The summed E-state index contributed by atoms with van der Waals surface area (Å²) in [5.74, 6) is -2.17. The van der Waals surface area contributed by atoms with Crippen LogP contribution in [0.15, 0.2) is 18.2 Å². The van der Waals surface area contributed by atoms with Crippen molar-refractivity contribution in [1.29, 1.82) is 0 Å². The molecule has 4 nitrogen and oxygen atoms in total. The van der Waals surface area contributed by atoms with Gasteiger partial charge in [-0.05, 0) is 19.1 Å². The number of amides is 1. The monoisotopic (exact) mass is 273 g/mol. The summed E-state index contributed by atoms with van der Waals surface area (Å²) >= 11 is 5.84. The predicted octanol–water partition coefficient (Wildman–Crippen LogP) is 2.30. The molecule has 0 radical (unpaired) electrons. The Bertz CT molecular complexity index is 458. The molecule has 1 rings (SSSR count). The highest BCUT2D eigenvalue weighted by Crippen LogP contribution is 2.21. The van der Waals surface area contributed by atoms with Gasteiger partial charge in [-0.2, -0.15) is 0 Å². The van der Waals surface area contributed by atoms with Crippen LogP contribution in [0.1, 0.15) is 19.4 Å². The summed E-state index contributed by atoms with van der Waals surface area (Å²) in [4.78, 5) is 23.3. The van der Waals surface area contributed by atoms with E-state index in [1.165, 1.54) is 32.0 Å². The lowest BCUT2D eigenvalue weighted by atomic mass is 10.1. The number of benzene rings is 1. The van der Waals surface area contributed by atoms with Crippen molar-refractivity contribution in [3.8, 4) is 0 Å². The zero-order valence-electron chi connectivity index (χ0n) is 9.98. The van der Waals surface area contributed by atoms with Gasteiger partial charge in [0.2, 0.25) is 5.91 Å². The lowest BCUT2D eigenvalue weighted by molar-refractivity contribution is -0.149. The van der Waals surface area contributed by atoms with Gasteiger partial charge in [0.05, 0.1) is 6.54 Å². The summed E-state index contributed by atoms with van der Waals surface area (Å²) in [6.07, 6.45) is 0. The molecule has 0 bridgehead atoms. The fourth-order valence-corrected chi connectivity index (χ4v) is 1.73. The summed E-state index contributed by atoms with van der Waals surface area (Å²) in [5.41, 5.74) is 0.113. The second-order valence-corrected chi connectivity index (χ2v) is 4.27. The van der Waals surface area contributed by atoms with Crippen LogP contribution in [0.2, 0.25) is 5.02 Å². The molecule has 0 aliphatic heterocycles. The summed E-state index contributed by atoms with van der Waals surface area (Å²) < 4.78 is 13.6. The third-order valence-electron chi connectivity index (χ3n) is 2.62. The second-order valence-electron chi connectivity index (χ2n) is 3.86. The number of carboxylic acids is 1. The first-order valence-corrected chi connectivity index (χ1v) is 5.65. The molecule has 0 fully saturated rings. The average Bonchev–Trinajstić information content (AvgIpc) is 2.27. The van der Waals surface area contributed by atoms with E-state index >= 15 is 0 Å². The minimum Gasteiger partial charge on any atom is -0.480 e. The highest BCUT2D eigenvalue weighted by molar-refractivity contribution is 6.31. The molecule has 1 aromatic rings. The minimum absolute atomic E-state index is 0.113. The van der Waals surface area contributed by atoms with Crippen molar-refractivity contribution in [2.45, 2.75) is 26.4 Å². The van der Waals surface area contributed by atoms with E-state index < -0.39 is 23.7 Å². The van der Waals surface area contributed by atoms with Gasteiger partial charge in [-0.3, -0.25) is 4.79 Å². The standard InChI is InChI=1S/C12H13ClFNO3/c1-7(12(17)18)15(8(2)16)6-9-10(13)4-3-5-11(9)14/h3-5,7H,6H2,1-2H3,(H,17,18).